The van der Waals surface area contributed by atoms with E-state index in [-0.39, 0.29) is 18.0 Å². The summed E-state index contributed by atoms with van der Waals surface area (Å²) in [6.45, 7) is 2.94. The van der Waals surface area contributed by atoms with Crippen LogP contribution in [-0.2, 0) is 19.2 Å². The van der Waals surface area contributed by atoms with Crippen molar-refractivity contribution in [3.05, 3.63) is 30.0 Å². The van der Waals surface area contributed by atoms with Crippen molar-refractivity contribution in [1.82, 2.24) is 25.8 Å². The number of H-pyrrole nitrogens is 1. The summed E-state index contributed by atoms with van der Waals surface area (Å²) in [6, 6.07) is 2.98. The molecule has 42 heavy (non-hydrogen) atoms. The lowest BCUT2D eigenvalue weighted by atomic mass is 9.89. The average molecular weight is 594 g/mol. The molecule has 4 N–H and O–H groups in total. The van der Waals surface area contributed by atoms with Crippen molar-refractivity contribution in [2.75, 3.05) is 20.2 Å². The Kier molecular flexibility index (Phi) is 9.12. The van der Waals surface area contributed by atoms with Gasteiger partial charge in [-0.15, -0.1) is 0 Å². The topological polar surface area (TPSA) is 150 Å². The number of ketones is 1. The molecule has 4 atom stereocenters. The number of piperidine rings is 1. The van der Waals surface area contributed by atoms with E-state index >= 15 is 0 Å². The molecular weight excluding hydrogens is 559 g/mol. The number of fused-ring (bicyclic) bond motifs is 1. The molecule has 0 spiro atoms. The molecule has 4 amide bonds. The Morgan fingerprint density at radius 2 is 1.90 bits per heavy atom. The number of carbonyl (C=O) groups excluding carboxylic acids is 5. The number of nitrogens with zero attached hydrogens (tertiary/aromatic N) is 1. The van der Waals surface area contributed by atoms with Gasteiger partial charge >= 0.3 is 6.18 Å². The fraction of sp³-hybridized carbons (Fsp3) is 0.536. The molecule has 2 fully saturated rings. The van der Waals surface area contributed by atoms with Gasteiger partial charge in [-0.2, -0.15) is 13.2 Å². The highest BCUT2D eigenvalue weighted by Gasteiger charge is 2.51. The van der Waals surface area contributed by atoms with Gasteiger partial charge in [-0.1, -0.05) is 6.07 Å². The Morgan fingerprint density at radius 3 is 2.55 bits per heavy atom. The number of amides is 4. The molecule has 2 aliphatic rings. The van der Waals surface area contributed by atoms with Gasteiger partial charge in [0.2, 0.25) is 17.6 Å². The molecule has 2 aromatic rings. The van der Waals surface area contributed by atoms with Crippen molar-refractivity contribution >= 4 is 40.3 Å². The predicted octanol–water partition coefficient (Wildman–Crippen LogP) is 2.06. The number of nitrogens with one attached hydrogen (secondary N) is 4. The highest BCUT2D eigenvalue weighted by atomic mass is 19.4. The molecule has 0 radical (unpaired) electrons. The molecule has 3 heterocycles. The van der Waals surface area contributed by atoms with Gasteiger partial charge in [0.15, 0.2) is 0 Å². The van der Waals surface area contributed by atoms with Gasteiger partial charge in [0.25, 0.3) is 11.8 Å². The van der Waals surface area contributed by atoms with Crippen molar-refractivity contribution in [3.8, 4) is 5.75 Å². The van der Waals surface area contributed by atoms with E-state index in [1.54, 1.807) is 32.0 Å². The van der Waals surface area contributed by atoms with Crippen molar-refractivity contribution < 1.29 is 41.9 Å². The first-order valence-corrected chi connectivity index (χ1v) is 13.8. The van der Waals surface area contributed by atoms with E-state index in [9.17, 15) is 37.1 Å². The van der Waals surface area contributed by atoms with Crippen molar-refractivity contribution in [3.63, 3.8) is 0 Å². The summed E-state index contributed by atoms with van der Waals surface area (Å²) in [5.74, 6) is -6.46. The number of likely N-dealkylation sites (tertiary alicyclic amines) is 1. The van der Waals surface area contributed by atoms with Crippen LogP contribution in [0.2, 0.25) is 0 Å². The molecule has 0 unspecified atom stereocenters. The van der Waals surface area contributed by atoms with E-state index in [1.807, 2.05) is 0 Å². The molecule has 0 aliphatic carbocycles. The van der Waals surface area contributed by atoms with Crippen LogP contribution in [0.1, 0.15) is 50.0 Å². The van der Waals surface area contributed by atoms with Crippen LogP contribution >= 0.6 is 0 Å². The number of halogens is 3. The lowest BCUT2D eigenvalue weighted by molar-refractivity contribution is -0.170. The molecule has 11 nitrogen and oxygen atoms in total. The minimum atomic E-state index is -4.69. The largest absolute Gasteiger partial charge is 0.496 e. The van der Waals surface area contributed by atoms with Gasteiger partial charge in [0.05, 0.1) is 19.1 Å². The van der Waals surface area contributed by atoms with E-state index in [0.29, 0.717) is 36.0 Å². The van der Waals surface area contributed by atoms with Crippen LogP contribution in [0, 0.1) is 11.8 Å². The summed E-state index contributed by atoms with van der Waals surface area (Å²) in [5, 5.41) is 8.06. The fourth-order valence-corrected chi connectivity index (χ4v) is 5.46. The van der Waals surface area contributed by atoms with Gasteiger partial charge in [0.1, 0.15) is 17.5 Å². The van der Waals surface area contributed by atoms with Gasteiger partial charge in [-0.25, -0.2) is 0 Å². The first-order valence-electron chi connectivity index (χ1n) is 13.8. The maximum absolute atomic E-state index is 13.8. The molecule has 1 aromatic carbocycles. The second-order valence-corrected chi connectivity index (χ2v) is 11.0. The standard InChI is InChI=1S/C28H34F3N5O6/c1-14(2)33-26(40)23(37)19(10-15-6-5-9-32-24(15)38)35-25(39)21-11-16(28(29,30)31)13-36(21)27(41)20-12-17-18(34-20)7-4-8-22(17)42-3/h4,7-8,12,14-16,19,21,34H,5-6,9-11,13H2,1-3H3,(H,32,38)(H,33,40)(H,35,39)/t15-,16+,19-,21-/m0/s1. The lowest BCUT2D eigenvalue weighted by Gasteiger charge is -2.28. The quantitative estimate of drug-likeness (QED) is 0.327. The van der Waals surface area contributed by atoms with Crippen molar-refractivity contribution in [2.24, 2.45) is 11.8 Å². The SMILES string of the molecule is COc1cccc2[nH]c(C(=O)N3C[C@H](C(F)(F)F)C[C@H]3C(=O)N[C@@H](C[C@@H]3CCCNC3=O)C(=O)C(=O)NC(C)C)cc12. The van der Waals surface area contributed by atoms with Gasteiger partial charge in [-0.3, -0.25) is 24.0 Å². The number of carbonyl (C=O) groups is 5. The molecule has 2 saturated heterocycles. The van der Waals surface area contributed by atoms with Crippen LogP contribution in [0.4, 0.5) is 13.2 Å². The lowest BCUT2D eigenvalue weighted by Crippen LogP contribution is -2.55. The molecule has 14 heteroatoms. The van der Waals surface area contributed by atoms with Crippen molar-refractivity contribution in [1.29, 1.82) is 0 Å². The average Bonchev–Trinajstić information content (AvgIpc) is 3.58. The monoisotopic (exact) mass is 593 g/mol. The first-order chi connectivity index (χ1) is 19.8. The van der Waals surface area contributed by atoms with Gasteiger partial charge in [0, 0.05) is 36.0 Å². The van der Waals surface area contributed by atoms with Crippen LogP contribution < -0.4 is 20.7 Å². The predicted molar refractivity (Wildman–Crippen MR) is 144 cm³/mol. The molecule has 0 saturated carbocycles. The second-order valence-electron chi connectivity index (χ2n) is 11.0. The Balaban J connectivity index is 1.62. The molecule has 228 valence electrons. The molecule has 2 aliphatic heterocycles. The third kappa shape index (κ3) is 6.68. The number of rotatable bonds is 9. The summed E-state index contributed by atoms with van der Waals surface area (Å²) in [6.07, 6.45) is -4.60. The smallest absolute Gasteiger partial charge is 0.393 e. The number of alkyl halides is 3. The van der Waals surface area contributed by atoms with E-state index in [4.69, 9.17) is 4.74 Å². The Morgan fingerprint density at radius 1 is 1.17 bits per heavy atom. The molecule has 0 bridgehead atoms. The zero-order valence-electron chi connectivity index (χ0n) is 23.5. The maximum Gasteiger partial charge on any atom is 0.393 e. The minimum absolute atomic E-state index is 0.0436. The van der Waals surface area contributed by atoms with Gasteiger partial charge in [-0.05, 0) is 57.7 Å². The van der Waals surface area contributed by atoms with Crippen LogP contribution in [0.5, 0.6) is 5.75 Å². The Labute approximate surface area is 239 Å². The van der Waals surface area contributed by atoms with Crippen LogP contribution in [0.25, 0.3) is 10.9 Å². The van der Waals surface area contributed by atoms with E-state index in [2.05, 4.69) is 20.9 Å². The Bertz CT molecular complexity index is 1370. The number of ether oxygens (including phenoxy) is 1. The van der Waals surface area contributed by atoms with E-state index in [1.165, 1.54) is 13.2 Å². The zero-order chi connectivity index (χ0) is 30.8. The number of hydrogen-bond donors (Lipinski definition) is 4. The summed E-state index contributed by atoms with van der Waals surface area (Å²) in [7, 11) is 1.44. The van der Waals surface area contributed by atoms with Crippen LogP contribution in [-0.4, -0.2) is 83.8 Å². The minimum Gasteiger partial charge on any atom is -0.496 e. The first kappa shape index (κ1) is 30.8. The van der Waals surface area contributed by atoms with E-state index < -0.39 is 72.6 Å². The molecular formula is C28H34F3N5O6. The summed E-state index contributed by atoms with van der Waals surface area (Å²) < 4.78 is 46.8. The number of hydrogen-bond acceptors (Lipinski definition) is 6. The number of methoxy groups -OCH3 is 1. The van der Waals surface area contributed by atoms with E-state index in [0.717, 1.165) is 4.90 Å². The summed E-state index contributed by atoms with van der Waals surface area (Å²) >= 11 is 0. The van der Waals surface area contributed by atoms with Crippen LogP contribution in [0.3, 0.4) is 0 Å². The number of benzene rings is 1. The normalized spacial score (nSPS) is 21.6. The summed E-state index contributed by atoms with van der Waals surface area (Å²) in [5.41, 5.74) is 0.468. The molecule has 4 rings (SSSR count). The summed E-state index contributed by atoms with van der Waals surface area (Å²) in [4.78, 5) is 68.8. The highest BCUT2D eigenvalue weighted by Crippen LogP contribution is 2.38. The number of aromatic amines is 1. The van der Waals surface area contributed by atoms with Gasteiger partial charge < -0.3 is 30.6 Å². The zero-order valence-corrected chi connectivity index (χ0v) is 23.5. The Hall–Kier alpha value is -4.10. The van der Waals surface area contributed by atoms with Crippen LogP contribution in [0.15, 0.2) is 24.3 Å². The fourth-order valence-electron chi connectivity index (χ4n) is 5.46. The number of Topliss-reactive ketones (excluding diaryl/α,β-unsaturated/α-hetero) is 1. The second kappa shape index (κ2) is 12.4. The molecule has 1 aromatic heterocycles. The maximum atomic E-state index is 13.8. The number of aromatic nitrogens is 1. The third-order valence-electron chi connectivity index (χ3n) is 7.60. The van der Waals surface area contributed by atoms with Crippen molar-refractivity contribution in [2.45, 2.75) is 63.8 Å². The third-order valence-corrected chi connectivity index (χ3v) is 7.60. The highest BCUT2D eigenvalue weighted by molar-refractivity contribution is 6.38.